The molecule has 226 valence electrons. The number of aryl methyl sites for hydroxylation is 1. The Balaban J connectivity index is 1.45. The van der Waals surface area contributed by atoms with Crippen molar-refractivity contribution in [2.75, 3.05) is 11.9 Å². The van der Waals surface area contributed by atoms with Crippen LogP contribution in [0, 0.1) is 0 Å². The zero-order valence-corrected chi connectivity index (χ0v) is 25.5. The minimum atomic E-state index is -0.649. The molecule has 4 heterocycles. The first-order valence-electron chi connectivity index (χ1n) is 14.1. The summed E-state index contributed by atoms with van der Waals surface area (Å²) in [6.45, 7) is 12.0. The molecule has 1 aliphatic rings. The molecule has 0 bridgehead atoms. The Bertz CT molecular complexity index is 1630. The maximum absolute atomic E-state index is 13.2. The van der Waals surface area contributed by atoms with Crippen LogP contribution in [0.2, 0.25) is 0 Å². The van der Waals surface area contributed by atoms with E-state index in [4.69, 9.17) is 14.2 Å². The summed E-state index contributed by atoms with van der Waals surface area (Å²) < 4.78 is 12.7. The predicted molar refractivity (Wildman–Crippen MR) is 158 cm³/mol. The largest absolute Gasteiger partial charge is 0.444 e. The van der Waals surface area contributed by atoms with Crippen molar-refractivity contribution in [2.45, 2.75) is 71.6 Å². The number of nitrogens with one attached hydrogen (secondary N) is 2. The van der Waals surface area contributed by atoms with Crippen molar-refractivity contribution in [3.8, 4) is 11.3 Å². The number of fused-ring (bicyclic) bond motifs is 1. The number of aromatic nitrogens is 6. The third-order valence-electron chi connectivity index (χ3n) is 6.71. The monoisotopic (exact) mass is 587 g/mol. The normalized spacial score (nSPS) is 15.4. The molecule has 5 rings (SSSR count). The Morgan fingerprint density at radius 1 is 1.09 bits per heavy atom. The molecule has 0 radical (unpaired) electrons. The summed E-state index contributed by atoms with van der Waals surface area (Å²) in [6, 6.07) is 7.30. The highest BCUT2D eigenvalue weighted by Crippen LogP contribution is 2.32. The minimum absolute atomic E-state index is 0.0361. The van der Waals surface area contributed by atoms with E-state index in [2.05, 4.69) is 30.9 Å². The first-order chi connectivity index (χ1) is 20.2. The summed E-state index contributed by atoms with van der Waals surface area (Å²) in [7, 11) is 1.83. The lowest BCUT2D eigenvalue weighted by Gasteiger charge is -2.26. The van der Waals surface area contributed by atoms with Gasteiger partial charge in [0.2, 0.25) is 11.8 Å². The van der Waals surface area contributed by atoms with Gasteiger partial charge >= 0.3 is 6.09 Å². The van der Waals surface area contributed by atoms with Crippen LogP contribution in [0.4, 0.5) is 16.4 Å². The van der Waals surface area contributed by atoms with Crippen molar-refractivity contribution >= 4 is 23.6 Å². The highest BCUT2D eigenvalue weighted by molar-refractivity contribution is 5.90. The topological polar surface area (TPSA) is 153 Å². The Morgan fingerprint density at radius 3 is 2.56 bits per heavy atom. The van der Waals surface area contributed by atoms with Gasteiger partial charge in [-0.2, -0.15) is 10.1 Å². The number of carbonyl (C=O) groups is 2. The highest BCUT2D eigenvalue weighted by atomic mass is 16.6. The number of ether oxygens (including phenoxy) is 1. The van der Waals surface area contributed by atoms with Crippen molar-refractivity contribution < 1.29 is 18.8 Å². The second kappa shape index (κ2) is 11.5. The van der Waals surface area contributed by atoms with Crippen LogP contribution >= 0.6 is 0 Å². The zero-order chi connectivity index (χ0) is 30.9. The van der Waals surface area contributed by atoms with Gasteiger partial charge in [0, 0.05) is 43.5 Å². The third kappa shape index (κ3) is 7.16. The number of carbonyl (C=O) groups excluding carboxylic acids is 2. The van der Waals surface area contributed by atoms with Crippen molar-refractivity contribution in [1.82, 2.24) is 40.1 Å². The van der Waals surface area contributed by atoms with Gasteiger partial charge in [-0.05, 0) is 50.5 Å². The number of hydrogen-bond acceptors (Lipinski definition) is 10. The van der Waals surface area contributed by atoms with Crippen LogP contribution in [-0.4, -0.2) is 58.9 Å². The molecule has 0 saturated heterocycles. The van der Waals surface area contributed by atoms with Crippen molar-refractivity contribution in [2.24, 2.45) is 7.05 Å². The van der Waals surface area contributed by atoms with Gasteiger partial charge in [-0.3, -0.25) is 9.48 Å². The van der Waals surface area contributed by atoms with Gasteiger partial charge in [0.15, 0.2) is 0 Å². The molecule has 1 atom stereocenters. The zero-order valence-electron chi connectivity index (χ0n) is 25.5. The molecule has 3 aromatic heterocycles. The molecule has 0 fully saturated rings. The fourth-order valence-corrected chi connectivity index (χ4v) is 4.64. The molecule has 0 aliphatic carbocycles. The molecule has 2 amide bonds. The smallest absolute Gasteiger partial charge is 0.410 e. The van der Waals surface area contributed by atoms with Crippen LogP contribution in [0.1, 0.15) is 81.6 Å². The van der Waals surface area contributed by atoms with Crippen molar-refractivity contribution in [1.29, 1.82) is 0 Å². The summed E-state index contributed by atoms with van der Waals surface area (Å²) in [5.74, 6) is 0.315. The molecule has 0 saturated carbocycles. The van der Waals surface area contributed by atoms with Crippen LogP contribution in [0.15, 0.2) is 47.4 Å². The summed E-state index contributed by atoms with van der Waals surface area (Å²) >= 11 is 0. The number of anilines is 2. The van der Waals surface area contributed by atoms with Gasteiger partial charge in [0.25, 0.3) is 11.7 Å². The molecule has 1 aromatic carbocycles. The van der Waals surface area contributed by atoms with E-state index in [1.165, 1.54) is 0 Å². The first-order valence-corrected chi connectivity index (χ1v) is 14.1. The summed E-state index contributed by atoms with van der Waals surface area (Å²) in [5, 5.41) is 14.3. The lowest BCUT2D eigenvalue weighted by molar-refractivity contribution is 0.0234. The molecule has 13 nitrogen and oxygen atoms in total. The highest BCUT2D eigenvalue weighted by Gasteiger charge is 2.31. The average molecular weight is 588 g/mol. The Hall–Kier alpha value is -4.81. The van der Waals surface area contributed by atoms with E-state index in [1.807, 2.05) is 79.1 Å². The first kappa shape index (κ1) is 29.7. The Kier molecular flexibility index (Phi) is 7.91. The van der Waals surface area contributed by atoms with E-state index in [-0.39, 0.29) is 11.2 Å². The number of nitrogens with zero attached hydrogens (tertiary/aromatic N) is 7. The second-order valence-corrected chi connectivity index (χ2v) is 12.6. The van der Waals surface area contributed by atoms with E-state index >= 15 is 0 Å². The quantitative estimate of drug-likeness (QED) is 0.329. The van der Waals surface area contributed by atoms with Gasteiger partial charge in [-0.15, -0.1) is 0 Å². The standard InChI is InChI=1S/C30H37N9O4/c1-29(2,3)26-36-24(37-43-26)25(40)34-23-11-13-39(28(41)42-30(4,5)6)16-19-14-18(8-9-21(19)23)22-10-12-31-27(35-22)33-20-15-32-38(7)17-20/h8-10,12,14-15,17,23H,11,13,16H2,1-7H3,(H,34,40)(H,31,33,35). The summed E-state index contributed by atoms with van der Waals surface area (Å²) in [5.41, 5.74) is 2.99. The SMILES string of the molecule is Cn1cc(Nc2nccc(-c3ccc4c(c3)CN(C(=O)OC(C)(C)C)CCC4NC(=O)c3noc(C(C)(C)C)n3)n2)cn1. The second-order valence-electron chi connectivity index (χ2n) is 12.6. The molecular weight excluding hydrogens is 550 g/mol. The van der Waals surface area contributed by atoms with Crippen LogP contribution in [-0.2, 0) is 23.7 Å². The van der Waals surface area contributed by atoms with Crippen LogP contribution in [0.3, 0.4) is 0 Å². The molecule has 0 spiro atoms. The molecule has 43 heavy (non-hydrogen) atoms. The lowest BCUT2D eigenvalue weighted by atomic mass is 9.96. The van der Waals surface area contributed by atoms with E-state index in [0.29, 0.717) is 37.0 Å². The van der Waals surface area contributed by atoms with Crippen molar-refractivity contribution in [3.63, 3.8) is 0 Å². The van der Waals surface area contributed by atoms with E-state index in [1.54, 1.807) is 22.0 Å². The summed E-state index contributed by atoms with van der Waals surface area (Å²) in [6.07, 6.45) is 5.24. The minimum Gasteiger partial charge on any atom is -0.444 e. The maximum atomic E-state index is 13.2. The van der Waals surface area contributed by atoms with Gasteiger partial charge in [-0.25, -0.2) is 14.8 Å². The fraction of sp³-hybridized carbons (Fsp3) is 0.433. The molecular formula is C30H37N9O4. The molecule has 1 unspecified atom stereocenters. The number of hydrogen-bond donors (Lipinski definition) is 2. The maximum Gasteiger partial charge on any atom is 0.410 e. The van der Waals surface area contributed by atoms with Crippen LogP contribution in [0.25, 0.3) is 11.3 Å². The van der Waals surface area contributed by atoms with E-state index in [9.17, 15) is 9.59 Å². The van der Waals surface area contributed by atoms with Gasteiger partial charge in [0.05, 0.1) is 23.6 Å². The molecule has 4 aromatic rings. The van der Waals surface area contributed by atoms with Gasteiger partial charge in [0.1, 0.15) is 5.60 Å². The van der Waals surface area contributed by atoms with E-state index < -0.39 is 23.6 Å². The van der Waals surface area contributed by atoms with Gasteiger partial charge < -0.3 is 24.8 Å². The number of amides is 2. The Labute approximate surface area is 250 Å². The lowest BCUT2D eigenvalue weighted by Crippen LogP contribution is -2.37. The molecule has 1 aliphatic heterocycles. The van der Waals surface area contributed by atoms with Crippen molar-refractivity contribution in [3.05, 3.63) is 65.7 Å². The van der Waals surface area contributed by atoms with Crippen LogP contribution in [0.5, 0.6) is 0 Å². The van der Waals surface area contributed by atoms with Crippen LogP contribution < -0.4 is 10.6 Å². The predicted octanol–water partition coefficient (Wildman–Crippen LogP) is 4.91. The number of benzene rings is 1. The average Bonchev–Trinajstić information content (AvgIpc) is 3.55. The molecule has 2 N–H and O–H groups in total. The van der Waals surface area contributed by atoms with Gasteiger partial charge in [-0.1, -0.05) is 38.1 Å². The molecule has 13 heteroatoms. The Morgan fingerprint density at radius 2 is 1.88 bits per heavy atom. The fourth-order valence-electron chi connectivity index (χ4n) is 4.64. The third-order valence-corrected chi connectivity index (χ3v) is 6.71. The number of rotatable bonds is 5. The van der Waals surface area contributed by atoms with E-state index in [0.717, 1.165) is 22.4 Å². The summed E-state index contributed by atoms with van der Waals surface area (Å²) in [4.78, 5) is 41.4.